The van der Waals surface area contributed by atoms with E-state index in [0.717, 1.165) is 16.5 Å². The van der Waals surface area contributed by atoms with E-state index in [1.807, 2.05) is 42.1 Å². The number of carbonyl (C=O) groups excluding carboxylic acids is 1. The standard InChI is InChI=1S/C17H16N4O/c1-21-11-12(13-6-3-5-9-16(13)21)10-19-20-17(22)14-7-2-4-8-15(14)18/h2-11H,18H2,1H3,(H,20,22)/b19-10-. The molecule has 22 heavy (non-hydrogen) atoms. The fourth-order valence-electron chi connectivity index (χ4n) is 2.40. The number of hydrogen-bond donors (Lipinski definition) is 2. The summed E-state index contributed by atoms with van der Waals surface area (Å²) in [7, 11) is 1.98. The molecular formula is C17H16N4O. The Labute approximate surface area is 128 Å². The summed E-state index contributed by atoms with van der Waals surface area (Å²) in [4.78, 5) is 12.0. The number of rotatable bonds is 3. The first-order chi connectivity index (χ1) is 10.7. The highest BCUT2D eigenvalue weighted by Gasteiger charge is 2.07. The van der Waals surface area contributed by atoms with Crippen LogP contribution >= 0.6 is 0 Å². The summed E-state index contributed by atoms with van der Waals surface area (Å²) in [5.41, 5.74) is 11.2. The molecule has 3 rings (SSSR count). The molecule has 1 aromatic heterocycles. The second-order valence-electron chi connectivity index (χ2n) is 5.00. The lowest BCUT2D eigenvalue weighted by Crippen LogP contribution is -2.18. The van der Waals surface area contributed by atoms with Gasteiger partial charge >= 0.3 is 0 Å². The van der Waals surface area contributed by atoms with Crippen LogP contribution in [0.3, 0.4) is 0 Å². The largest absolute Gasteiger partial charge is 0.398 e. The second-order valence-corrected chi connectivity index (χ2v) is 5.00. The molecule has 110 valence electrons. The van der Waals surface area contributed by atoms with Crippen molar-refractivity contribution in [2.45, 2.75) is 0 Å². The number of hydrazone groups is 1. The summed E-state index contributed by atoms with van der Waals surface area (Å²) in [5.74, 6) is -0.324. The summed E-state index contributed by atoms with van der Waals surface area (Å²) in [5, 5.41) is 5.11. The third kappa shape index (κ3) is 2.56. The van der Waals surface area contributed by atoms with E-state index in [1.165, 1.54) is 0 Å². The van der Waals surface area contributed by atoms with Gasteiger partial charge in [0, 0.05) is 35.4 Å². The molecule has 0 bridgehead atoms. The minimum absolute atomic E-state index is 0.324. The lowest BCUT2D eigenvalue weighted by molar-refractivity contribution is 0.0956. The minimum Gasteiger partial charge on any atom is -0.398 e. The molecule has 0 saturated heterocycles. The SMILES string of the molecule is Cn1cc(/C=N\NC(=O)c2ccccc2N)c2ccccc21. The molecular weight excluding hydrogens is 276 g/mol. The highest BCUT2D eigenvalue weighted by atomic mass is 16.2. The van der Waals surface area contributed by atoms with Gasteiger partial charge in [-0.1, -0.05) is 30.3 Å². The molecule has 0 atom stereocenters. The molecule has 5 nitrogen and oxygen atoms in total. The number of aryl methyl sites for hydroxylation is 1. The van der Waals surface area contributed by atoms with Crippen LogP contribution in [0, 0.1) is 0 Å². The van der Waals surface area contributed by atoms with Gasteiger partial charge in [0.1, 0.15) is 0 Å². The Bertz CT molecular complexity index is 864. The molecule has 5 heteroatoms. The number of nitrogen functional groups attached to an aromatic ring is 1. The van der Waals surface area contributed by atoms with Crippen molar-refractivity contribution in [3.8, 4) is 0 Å². The van der Waals surface area contributed by atoms with Gasteiger partial charge < -0.3 is 10.3 Å². The molecule has 3 N–H and O–H groups in total. The van der Waals surface area contributed by atoms with E-state index in [-0.39, 0.29) is 5.91 Å². The fourth-order valence-corrected chi connectivity index (χ4v) is 2.40. The molecule has 0 saturated carbocycles. The van der Waals surface area contributed by atoms with Gasteiger partial charge in [0.05, 0.1) is 11.8 Å². The van der Waals surface area contributed by atoms with Gasteiger partial charge in [-0.3, -0.25) is 4.79 Å². The van der Waals surface area contributed by atoms with Crippen LogP contribution < -0.4 is 11.2 Å². The monoisotopic (exact) mass is 292 g/mol. The third-order valence-corrected chi connectivity index (χ3v) is 3.50. The van der Waals surface area contributed by atoms with E-state index in [2.05, 4.69) is 10.5 Å². The molecule has 0 aliphatic heterocycles. The Morgan fingerprint density at radius 2 is 1.91 bits per heavy atom. The predicted molar refractivity (Wildman–Crippen MR) is 88.8 cm³/mol. The zero-order valence-electron chi connectivity index (χ0n) is 12.2. The molecule has 0 aliphatic rings. The summed E-state index contributed by atoms with van der Waals surface area (Å²) in [6.45, 7) is 0. The number of anilines is 1. The molecule has 2 aromatic carbocycles. The number of para-hydroxylation sites is 2. The number of fused-ring (bicyclic) bond motifs is 1. The molecule has 0 fully saturated rings. The topological polar surface area (TPSA) is 72.4 Å². The van der Waals surface area contributed by atoms with E-state index in [4.69, 9.17) is 5.73 Å². The van der Waals surface area contributed by atoms with Gasteiger partial charge in [-0.15, -0.1) is 0 Å². The van der Waals surface area contributed by atoms with E-state index in [0.29, 0.717) is 11.3 Å². The average molecular weight is 292 g/mol. The van der Waals surface area contributed by atoms with Crippen LogP contribution in [0.4, 0.5) is 5.69 Å². The maximum absolute atomic E-state index is 12.0. The summed E-state index contributed by atoms with van der Waals surface area (Å²) < 4.78 is 2.02. The number of amides is 1. The summed E-state index contributed by atoms with van der Waals surface area (Å²) >= 11 is 0. The van der Waals surface area contributed by atoms with Crippen LogP contribution in [-0.4, -0.2) is 16.7 Å². The fraction of sp³-hybridized carbons (Fsp3) is 0.0588. The third-order valence-electron chi connectivity index (χ3n) is 3.50. The molecule has 0 aliphatic carbocycles. The van der Waals surface area contributed by atoms with Gasteiger partial charge in [0.25, 0.3) is 5.91 Å². The zero-order valence-corrected chi connectivity index (χ0v) is 12.2. The molecule has 0 radical (unpaired) electrons. The van der Waals surface area contributed by atoms with Crippen LogP contribution in [0.1, 0.15) is 15.9 Å². The Morgan fingerprint density at radius 1 is 1.18 bits per heavy atom. The van der Waals surface area contributed by atoms with Gasteiger partial charge in [-0.25, -0.2) is 5.43 Å². The van der Waals surface area contributed by atoms with Crippen molar-refractivity contribution < 1.29 is 4.79 Å². The quantitative estimate of drug-likeness (QED) is 0.442. The predicted octanol–water partition coefficient (Wildman–Crippen LogP) is 2.52. The molecule has 1 amide bonds. The number of nitrogens with one attached hydrogen (secondary N) is 1. The van der Waals surface area contributed by atoms with E-state index < -0.39 is 0 Å². The smallest absolute Gasteiger partial charge is 0.273 e. The van der Waals surface area contributed by atoms with Crippen LogP contribution in [0.25, 0.3) is 10.9 Å². The lowest BCUT2D eigenvalue weighted by Gasteiger charge is -2.02. The number of benzene rings is 2. The molecule has 3 aromatic rings. The number of aromatic nitrogens is 1. The molecule has 0 spiro atoms. The Balaban J connectivity index is 1.80. The first-order valence-corrected chi connectivity index (χ1v) is 6.89. The van der Waals surface area contributed by atoms with Crippen molar-refractivity contribution in [1.82, 2.24) is 9.99 Å². The van der Waals surface area contributed by atoms with Crippen molar-refractivity contribution in [2.75, 3.05) is 5.73 Å². The van der Waals surface area contributed by atoms with Crippen molar-refractivity contribution in [1.29, 1.82) is 0 Å². The van der Waals surface area contributed by atoms with Crippen LogP contribution in [-0.2, 0) is 7.05 Å². The maximum Gasteiger partial charge on any atom is 0.273 e. The van der Waals surface area contributed by atoms with E-state index in [9.17, 15) is 4.79 Å². The Kier molecular flexibility index (Phi) is 3.62. The maximum atomic E-state index is 12.0. The summed E-state index contributed by atoms with van der Waals surface area (Å²) in [6.07, 6.45) is 3.61. The number of carbonyl (C=O) groups is 1. The summed E-state index contributed by atoms with van der Waals surface area (Å²) in [6, 6.07) is 14.9. The van der Waals surface area contributed by atoms with Crippen molar-refractivity contribution in [3.63, 3.8) is 0 Å². The van der Waals surface area contributed by atoms with Crippen LogP contribution in [0.15, 0.2) is 59.8 Å². The first kappa shape index (κ1) is 13.9. The van der Waals surface area contributed by atoms with E-state index in [1.54, 1.807) is 30.5 Å². The number of nitrogens with two attached hydrogens (primary N) is 1. The molecule has 1 heterocycles. The van der Waals surface area contributed by atoms with Gasteiger partial charge in [-0.2, -0.15) is 5.10 Å². The van der Waals surface area contributed by atoms with Gasteiger partial charge in [0.2, 0.25) is 0 Å². The van der Waals surface area contributed by atoms with Crippen molar-refractivity contribution >= 4 is 28.7 Å². The Morgan fingerprint density at radius 3 is 2.73 bits per heavy atom. The van der Waals surface area contributed by atoms with E-state index >= 15 is 0 Å². The molecule has 0 unspecified atom stereocenters. The van der Waals surface area contributed by atoms with Crippen molar-refractivity contribution in [3.05, 3.63) is 65.9 Å². The van der Waals surface area contributed by atoms with Crippen LogP contribution in [0.2, 0.25) is 0 Å². The average Bonchev–Trinajstić information content (AvgIpc) is 2.85. The zero-order chi connectivity index (χ0) is 15.5. The Hall–Kier alpha value is -3.08. The van der Waals surface area contributed by atoms with Gasteiger partial charge in [-0.05, 0) is 18.2 Å². The minimum atomic E-state index is -0.324. The second kappa shape index (κ2) is 5.73. The number of hydrogen-bond acceptors (Lipinski definition) is 3. The number of nitrogens with zero attached hydrogens (tertiary/aromatic N) is 2. The highest BCUT2D eigenvalue weighted by Crippen LogP contribution is 2.18. The van der Waals surface area contributed by atoms with Crippen molar-refractivity contribution in [2.24, 2.45) is 12.1 Å². The first-order valence-electron chi connectivity index (χ1n) is 6.89. The normalized spacial score (nSPS) is 11.1. The lowest BCUT2D eigenvalue weighted by atomic mass is 10.2. The van der Waals surface area contributed by atoms with Gasteiger partial charge in [0.15, 0.2) is 0 Å². The highest BCUT2D eigenvalue weighted by molar-refractivity contribution is 6.01. The van der Waals surface area contributed by atoms with Crippen LogP contribution in [0.5, 0.6) is 0 Å².